The summed E-state index contributed by atoms with van der Waals surface area (Å²) in [4.78, 5) is 25.2. The van der Waals surface area contributed by atoms with Gasteiger partial charge in [0.05, 0.1) is 10.2 Å². The molecule has 0 spiro atoms. The van der Waals surface area contributed by atoms with Gasteiger partial charge in [0.15, 0.2) is 0 Å². The molecule has 2 rings (SSSR count). The molecule has 8 nitrogen and oxygen atoms in total. The number of hydrogen-bond acceptors (Lipinski definition) is 6. The van der Waals surface area contributed by atoms with Gasteiger partial charge in [0.1, 0.15) is 18.3 Å². The molecule has 4 N–H and O–H groups in total. The van der Waals surface area contributed by atoms with Crippen molar-refractivity contribution in [3.8, 4) is 0 Å². The Hall–Kier alpha value is -0.0200. The lowest BCUT2D eigenvalue weighted by atomic mass is 10.1. The summed E-state index contributed by atoms with van der Waals surface area (Å²) in [6.07, 6.45) is -2.55. The van der Waals surface area contributed by atoms with Crippen molar-refractivity contribution in [2.24, 2.45) is 0 Å². The molecule has 4 atom stereocenters. The number of halogens is 2. The second-order valence-electron chi connectivity index (χ2n) is 3.99. The van der Waals surface area contributed by atoms with Crippen LogP contribution >= 0.6 is 45.2 Å². The number of aliphatic hydroxyl groups is 3. The number of rotatable bonds is 2. The van der Waals surface area contributed by atoms with Crippen LogP contribution in [0.4, 0.5) is 0 Å². The molecule has 0 aromatic carbocycles. The molecule has 1 aromatic rings. The highest BCUT2D eigenvalue weighted by atomic mass is 127. The highest BCUT2D eigenvalue weighted by molar-refractivity contribution is 14.1. The molecule has 0 aliphatic carbocycles. The van der Waals surface area contributed by atoms with E-state index in [-0.39, 0.29) is 3.57 Å². The third kappa shape index (κ3) is 2.49. The van der Waals surface area contributed by atoms with Crippen LogP contribution in [0.15, 0.2) is 15.8 Å². The average Bonchev–Trinajstić information content (AvgIpc) is 2.59. The molecule has 19 heavy (non-hydrogen) atoms. The summed E-state index contributed by atoms with van der Waals surface area (Å²) in [6.45, 7) is -0.502. The van der Waals surface area contributed by atoms with Gasteiger partial charge in [-0.1, -0.05) is 0 Å². The monoisotopic (exact) mass is 496 g/mol. The van der Waals surface area contributed by atoms with Gasteiger partial charge in [-0.25, -0.2) is 4.79 Å². The molecule has 1 fully saturated rings. The summed E-state index contributed by atoms with van der Waals surface area (Å²) < 4.78 is 4.98. The van der Waals surface area contributed by atoms with Crippen molar-refractivity contribution >= 4 is 45.2 Å². The smallest absolute Gasteiger partial charge is 0.331 e. The first kappa shape index (κ1) is 15.4. The maximum Gasteiger partial charge on any atom is 0.331 e. The van der Waals surface area contributed by atoms with Crippen molar-refractivity contribution in [1.29, 1.82) is 0 Å². The van der Waals surface area contributed by atoms with Crippen molar-refractivity contribution in [2.45, 2.75) is 22.0 Å². The van der Waals surface area contributed by atoms with Gasteiger partial charge < -0.3 is 20.1 Å². The zero-order chi connectivity index (χ0) is 14.4. The Kier molecular flexibility index (Phi) is 4.37. The Balaban J connectivity index is 2.55. The molecule has 0 saturated carbocycles. The summed E-state index contributed by atoms with van der Waals surface area (Å²) >= 11 is 3.39. The molecule has 1 saturated heterocycles. The molecule has 106 valence electrons. The lowest BCUT2D eigenvalue weighted by Crippen LogP contribution is -2.47. The van der Waals surface area contributed by atoms with Crippen LogP contribution in [0.3, 0.4) is 0 Å². The fourth-order valence-corrected chi connectivity index (χ4v) is 3.25. The van der Waals surface area contributed by atoms with Gasteiger partial charge in [0, 0.05) is 6.20 Å². The predicted octanol–water partition coefficient (Wildman–Crippen LogP) is -1.70. The number of aromatic amines is 1. The highest BCUT2D eigenvalue weighted by Crippen LogP contribution is 2.40. The summed E-state index contributed by atoms with van der Waals surface area (Å²) in [6, 6.07) is 0. The molecule has 0 bridgehead atoms. The first-order valence-corrected chi connectivity index (χ1v) is 7.32. The van der Waals surface area contributed by atoms with E-state index in [0.717, 1.165) is 4.57 Å². The van der Waals surface area contributed by atoms with Crippen LogP contribution in [0.5, 0.6) is 0 Å². The van der Waals surface area contributed by atoms with Gasteiger partial charge in [0.2, 0.25) is 3.73 Å². The van der Waals surface area contributed by atoms with E-state index in [9.17, 15) is 19.8 Å². The first-order chi connectivity index (χ1) is 8.81. The van der Waals surface area contributed by atoms with Crippen LogP contribution in [0.25, 0.3) is 0 Å². The van der Waals surface area contributed by atoms with E-state index in [1.807, 2.05) is 0 Å². The SMILES string of the molecule is O=c1[nH]c(=O)n([C@]2(I)O[C@H](CO)[C@@H](O)[C@H]2O)cc1I. The zero-order valence-electron chi connectivity index (χ0n) is 9.29. The average molecular weight is 496 g/mol. The van der Waals surface area contributed by atoms with Gasteiger partial charge in [-0.15, -0.1) is 0 Å². The van der Waals surface area contributed by atoms with Crippen molar-refractivity contribution in [3.63, 3.8) is 0 Å². The lowest BCUT2D eigenvalue weighted by Gasteiger charge is -2.27. The molecule has 1 aliphatic rings. The van der Waals surface area contributed by atoms with E-state index >= 15 is 0 Å². The quantitative estimate of drug-likeness (QED) is 0.286. The van der Waals surface area contributed by atoms with Crippen LogP contribution in [0.2, 0.25) is 0 Å². The van der Waals surface area contributed by atoms with Gasteiger partial charge in [-0.3, -0.25) is 14.3 Å². The van der Waals surface area contributed by atoms with Crippen molar-refractivity contribution in [2.75, 3.05) is 6.61 Å². The van der Waals surface area contributed by atoms with Gasteiger partial charge >= 0.3 is 5.69 Å². The maximum absolute atomic E-state index is 11.8. The van der Waals surface area contributed by atoms with Crippen LogP contribution in [0, 0.1) is 3.57 Å². The summed E-state index contributed by atoms with van der Waals surface area (Å²) in [5.41, 5.74) is -1.32. The van der Waals surface area contributed by atoms with Gasteiger partial charge in [-0.2, -0.15) is 0 Å². The minimum absolute atomic E-state index is 0.228. The number of aromatic nitrogens is 2. The summed E-state index contributed by atoms with van der Waals surface area (Å²) in [5, 5.41) is 28.8. The molecular formula is C9H10I2N2O6. The molecule has 0 amide bonds. The number of nitrogens with one attached hydrogen (secondary N) is 1. The number of nitrogens with zero attached hydrogens (tertiary/aromatic N) is 1. The predicted molar refractivity (Wildman–Crippen MR) is 80.0 cm³/mol. The fourth-order valence-electron chi connectivity index (χ4n) is 1.78. The third-order valence-corrected chi connectivity index (χ3v) is 4.97. The number of alkyl halides is 1. The Morgan fingerprint density at radius 2 is 2.11 bits per heavy atom. The van der Waals surface area contributed by atoms with Crippen LogP contribution in [0.1, 0.15) is 0 Å². The number of H-pyrrole nitrogens is 1. The van der Waals surface area contributed by atoms with E-state index in [1.54, 1.807) is 45.2 Å². The van der Waals surface area contributed by atoms with Crippen molar-refractivity contribution in [1.82, 2.24) is 9.55 Å². The van der Waals surface area contributed by atoms with Crippen LogP contribution in [-0.2, 0) is 8.47 Å². The molecular weight excluding hydrogens is 486 g/mol. The Morgan fingerprint density at radius 3 is 2.63 bits per heavy atom. The second kappa shape index (κ2) is 5.40. The molecule has 2 heterocycles. The molecule has 1 aliphatic heterocycles. The standard InChI is InChI=1S/C9H10I2N2O6/c10-3-1-13(8(18)12-7(3)17)9(11)6(16)5(15)4(2-14)19-9/h1,4-6,14-16H,2H2,(H,12,17,18)/t4-,5-,6-,9+/m1/s1. The second-order valence-corrected chi connectivity index (χ2v) is 6.70. The molecule has 0 unspecified atom stereocenters. The fraction of sp³-hybridized carbons (Fsp3) is 0.556. The molecule has 10 heteroatoms. The first-order valence-electron chi connectivity index (χ1n) is 5.17. The Labute approximate surface area is 133 Å². The zero-order valence-corrected chi connectivity index (χ0v) is 13.6. The van der Waals surface area contributed by atoms with Gasteiger partial charge in [0.25, 0.3) is 5.56 Å². The van der Waals surface area contributed by atoms with Crippen molar-refractivity contribution < 1.29 is 20.1 Å². The topological polar surface area (TPSA) is 125 Å². The highest BCUT2D eigenvalue weighted by Gasteiger charge is 2.54. The van der Waals surface area contributed by atoms with E-state index in [2.05, 4.69) is 4.98 Å². The largest absolute Gasteiger partial charge is 0.394 e. The van der Waals surface area contributed by atoms with E-state index in [4.69, 9.17) is 9.84 Å². The van der Waals surface area contributed by atoms with Gasteiger partial charge in [-0.05, 0) is 45.2 Å². The maximum atomic E-state index is 11.8. The van der Waals surface area contributed by atoms with Crippen LogP contribution in [-0.4, -0.2) is 49.8 Å². The normalized spacial score (nSPS) is 34.7. The van der Waals surface area contributed by atoms with Crippen LogP contribution < -0.4 is 11.2 Å². The number of ether oxygens (including phenoxy) is 1. The summed E-state index contributed by atoms with van der Waals surface area (Å²) in [5.74, 6) is 0. The van der Waals surface area contributed by atoms with E-state index < -0.39 is 39.9 Å². The lowest BCUT2D eigenvalue weighted by molar-refractivity contribution is -0.0690. The Bertz CT molecular complexity index is 601. The third-order valence-electron chi connectivity index (χ3n) is 2.79. The summed E-state index contributed by atoms with van der Waals surface area (Å²) in [7, 11) is 0. The van der Waals surface area contributed by atoms with Crippen molar-refractivity contribution in [3.05, 3.63) is 30.6 Å². The number of aliphatic hydroxyl groups excluding tert-OH is 3. The molecule has 1 aromatic heterocycles. The Morgan fingerprint density at radius 1 is 1.47 bits per heavy atom. The van der Waals surface area contributed by atoms with E-state index in [1.165, 1.54) is 6.20 Å². The number of hydrogen-bond donors (Lipinski definition) is 4. The minimum Gasteiger partial charge on any atom is -0.394 e. The minimum atomic E-state index is -1.59. The van der Waals surface area contributed by atoms with E-state index in [0.29, 0.717) is 0 Å². The molecule has 0 radical (unpaired) electrons.